The molecule has 0 radical (unpaired) electrons. The molecule has 6 saturated carbocycles. The Balaban J connectivity index is 0.867. The van der Waals surface area contributed by atoms with Crippen LogP contribution in [0.3, 0.4) is 0 Å². The van der Waals surface area contributed by atoms with Crippen LogP contribution in [0.5, 0.6) is 0 Å². The Morgan fingerprint density at radius 3 is 1.39 bits per heavy atom. The van der Waals surface area contributed by atoms with Gasteiger partial charge in [0.05, 0.1) is 0 Å². The van der Waals surface area contributed by atoms with Crippen LogP contribution < -0.4 is 9.80 Å². The van der Waals surface area contributed by atoms with Gasteiger partial charge in [0, 0.05) is 34.8 Å². The van der Waals surface area contributed by atoms with E-state index in [1.807, 2.05) is 0 Å². The Kier molecular flexibility index (Phi) is 11.2. The van der Waals surface area contributed by atoms with Gasteiger partial charge >= 0.3 is 0 Å². The fourth-order valence-corrected chi connectivity index (χ4v) is 16.7. The smallest absolute Gasteiger partial charge is 0.0413 e. The first-order valence-corrected chi connectivity index (χ1v) is 26.6. The molecule has 6 fully saturated rings. The maximum absolute atomic E-state index is 2.86. The number of hydrogen-bond donors (Lipinski definition) is 0. The van der Waals surface area contributed by atoms with Crippen LogP contribution in [0.4, 0.5) is 22.7 Å². The van der Waals surface area contributed by atoms with Crippen LogP contribution in [0.15, 0.2) is 121 Å². The highest BCUT2D eigenvalue weighted by atomic mass is 15.2. The molecule has 0 N–H and O–H groups in total. The first kappa shape index (κ1) is 41.2. The van der Waals surface area contributed by atoms with Gasteiger partial charge in [-0.15, -0.1) is 0 Å². The molecule has 12 rings (SSSR count). The first-order chi connectivity index (χ1) is 31.6. The summed E-state index contributed by atoms with van der Waals surface area (Å²) in [5.74, 6) is 8.59. The Labute approximate surface area is 386 Å². The van der Waals surface area contributed by atoms with Gasteiger partial charge in [-0.3, -0.25) is 0 Å². The van der Waals surface area contributed by atoms with E-state index in [2.05, 4.69) is 145 Å². The molecule has 12 atom stereocenters. The lowest BCUT2D eigenvalue weighted by Crippen LogP contribution is -2.54. The van der Waals surface area contributed by atoms with E-state index < -0.39 is 0 Å². The average molecular weight is 847 g/mol. The van der Waals surface area contributed by atoms with Crippen molar-refractivity contribution < 1.29 is 0 Å². The number of hydrogen-bond acceptors (Lipinski definition) is 2. The van der Waals surface area contributed by atoms with Gasteiger partial charge in [0.1, 0.15) is 0 Å². The van der Waals surface area contributed by atoms with Gasteiger partial charge < -0.3 is 9.80 Å². The van der Waals surface area contributed by atoms with Crippen molar-refractivity contribution in [2.75, 3.05) is 9.80 Å². The second-order valence-electron chi connectivity index (χ2n) is 22.5. The second kappa shape index (κ2) is 17.5. The van der Waals surface area contributed by atoms with Crippen molar-refractivity contribution in [2.24, 2.45) is 53.3 Å². The third-order valence-corrected chi connectivity index (χ3v) is 19.4. The van der Waals surface area contributed by atoms with Gasteiger partial charge in [0.15, 0.2) is 0 Å². The van der Waals surface area contributed by atoms with Crippen LogP contribution in [0.2, 0.25) is 0 Å². The molecule has 0 aromatic heterocycles. The highest BCUT2D eigenvalue weighted by molar-refractivity contribution is 5.73. The Bertz CT molecular complexity index is 2360. The number of nitrogens with zero attached hydrogens (tertiary/aromatic N) is 2. The molecule has 2 heteroatoms. The fourth-order valence-electron chi connectivity index (χ4n) is 16.7. The lowest BCUT2D eigenvalue weighted by molar-refractivity contribution is -0.0496. The minimum Gasteiger partial charge on any atom is -0.338 e. The third kappa shape index (κ3) is 7.46. The lowest BCUT2D eigenvalue weighted by atomic mass is 9.50. The average Bonchev–Trinajstić information content (AvgIpc) is 3.35. The summed E-state index contributed by atoms with van der Waals surface area (Å²) < 4.78 is 0. The summed E-state index contributed by atoms with van der Waals surface area (Å²) >= 11 is 0. The molecule has 0 bridgehead atoms. The van der Waals surface area contributed by atoms with Gasteiger partial charge in [-0.05, 0) is 214 Å². The number of anilines is 4. The molecule has 0 saturated heterocycles. The molecular formula is C62H74N2. The quantitative estimate of drug-likeness (QED) is 0.161. The zero-order chi connectivity index (χ0) is 42.7. The summed E-state index contributed by atoms with van der Waals surface area (Å²) in [7, 11) is 0. The lowest BCUT2D eigenvalue weighted by Gasteiger charge is -2.58. The number of rotatable bonds is 7. The third-order valence-electron chi connectivity index (χ3n) is 19.4. The summed E-state index contributed by atoms with van der Waals surface area (Å²) in [6, 6.07) is 49.3. The molecule has 5 aromatic rings. The standard InChI is InChI=1S/C62H74N2/c1-41-19-29-47(30-20-41)63(61-39-59-51-13-5-3-11-45(51)27-37-55(59)53-15-7-9-17-57(53)61)49-33-23-43(24-34-49)44-25-35-50(36-26-44)64(48-31-21-42(2)22-32-48)62-40-60-52-14-6-4-12-46(52)28-38-56(60)54-16-8-10-18-58(54)62/h3,5,11,13,19-26,29-36,46,52-62H,4,6-10,12,14-18,27-28,37-40H2,1-2H3. The molecule has 0 heterocycles. The Morgan fingerprint density at radius 1 is 0.359 bits per heavy atom. The van der Waals surface area contributed by atoms with Crippen molar-refractivity contribution in [2.45, 2.75) is 147 Å². The number of aryl methyl sites for hydroxylation is 3. The minimum absolute atomic E-state index is 0.495. The van der Waals surface area contributed by atoms with Crippen LogP contribution in [-0.4, -0.2) is 12.1 Å². The molecule has 332 valence electrons. The predicted molar refractivity (Wildman–Crippen MR) is 269 cm³/mol. The topological polar surface area (TPSA) is 6.48 Å². The molecule has 0 amide bonds. The van der Waals surface area contributed by atoms with E-state index in [9.17, 15) is 0 Å². The first-order valence-electron chi connectivity index (χ1n) is 26.6. The molecule has 7 aliphatic carbocycles. The molecule has 5 aromatic carbocycles. The zero-order valence-corrected chi connectivity index (χ0v) is 39.1. The van der Waals surface area contributed by atoms with Crippen LogP contribution in [0.25, 0.3) is 11.1 Å². The molecule has 0 spiro atoms. The normalized spacial score (nSPS) is 33.0. The second-order valence-corrected chi connectivity index (χ2v) is 22.5. The maximum Gasteiger partial charge on any atom is 0.0413 e. The maximum atomic E-state index is 2.86. The summed E-state index contributed by atoms with van der Waals surface area (Å²) in [5, 5.41) is 0. The summed E-state index contributed by atoms with van der Waals surface area (Å²) in [6.45, 7) is 4.48. The fraction of sp³-hybridized carbons (Fsp3) is 0.516. The SMILES string of the molecule is Cc1ccc(N(c2ccc(-c3ccc(N(c4ccc(C)cc4)C4CC5C6CCCCC6CCC5C5CCCCC54)cc3)cc2)C2CC3c4ccccc4CCC3C3CCCCC32)cc1. The summed E-state index contributed by atoms with van der Waals surface area (Å²) in [5.41, 5.74) is 14.1. The Morgan fingerprint density at radius 2 is 0.812 bits per heavy atom. The van der Waals surface area contributed by atoms with E-state index in [0.29, 0.717) is 18.0 Å². The van der Waals surface area contributed by atoms with Crippen molar-refractivity contribution >= 4 is 22.7 Å². The van der Waals surface area contributed by atoms with Crippen molar-refractivity contribution in [1.82, 2.24) is 0 Å². The molecular weight excluding hydrogens is 773 g/mol. The number of benzene rings is 5. The van der Waals surface area contributed by atoms with Crippen LogP contribution in [0.1, 0.15) is 137 Å². The van der Waals surface area contributed by atoms with Crippen molar-refractivity contribution in [3.05, 3.63) is 144 Å². The van der Waals surface area contributed by atoms with Gasteiger partial charge in [-0.2, -0.15) is 0 Å². The van der Waals surface area contributed by atoms with Crippen LogP contribution in [0, 0.1) is 67.1 Å². The van der Waals surface area contributed by atoms with Gasteiger partial charge in [0.2, 0.25) is 0 Å². The largest absolute Gasteiger partial charge is 0.338 e. The van der Waals surface area contributed by atoms with E-state index in [-0.39, 0.29) is 0 Å². The van der Waals surface area contributed by atoms with E-state index >= 15 is 0 Å². The van der Waals surface area contributed by atoms with Crippen molar-refractivity contribution in [3.8, 4) is 11.1 Å². The molecule has 7 aliphatic rings. The number of fused-ring (bicyclic) bond motifs is 10. The van der Waals surface area contributed by atoms with E-state index in [1.54, 1.807) is 11.1 Å². The highest BCUT2D eigenvalue weighted by Gasteiger charge is 2.53. The molecule has 2 nitrogen and oxygen atoms in total. The van der Waals surface area contributed by atoms with Crippen LogP contribution >= 0.6 is 0 Å². The van der Waals surface area contributed by atoms with Gasteiger partial charge in [-0.25, -0.2) is 0 Å². The monoisotopic (exact) mass is 847 g/mol. The zero-order valence-electron chi connectivity index (χ0n) is 39.1. The highest BCUT2D eigenvalue weighted by Crippen LogP contribution is 2.60. The van der Waals surface area contributed by atoms with Gasteiger partial charge in [-0.1, -0.05) is 129 Å². The van der Waals surface area contributed by atoms with Gasteiger partial charge in [0.25, 0.3) is 0 Å². The van der Waals surface area contributed by atoms with Crippen molar-refractivity contribution in [1.29, 1.82) is 0 Å². The molecule has 0 aliphatic heterocycles. The summed E-state index contributed by atoms with van der Waals surface area (Å²) in [4.78, 5) is 5.66. The predicted octanol–water partition coefficient (Wildman–Crippen LogP) is 16.6. The Hall–Kier alpha value is -4.30. The van der Waals surface area contributed by atoms with E-state index in [4.69, 9.17) is 0 Å². The van der Waals surface area contributed by atoms with Crippen LogP contribution in [-0.2, 0) is 6.42 Å². The van der Waals surface area contributed by atoms with E-state index in [1.165, 1.54) is 161 Å². The summed E-state index contributed by atoms with van der Waals surface area (Å²) in [6.07, 6.45) is 25.6. The van der Waals surface area contributed by atoms with E-state index in [0.717, 1.165) is 53.3 Å². The minimum atomic E-state index is 0.495. The molecule has 64 heavy (non-hydrogen) atoms. The molecule has 12 unspecified atom stereocenters. The van der Waals surface area contributed by atoms with Crippen molar-refractivity contribution in [3.63, 3.8) is 0 Å².